The van der Waals surface area contributed by atoms with Crippen molar-refractivity contribution in [3.8, 4) is 0 Å². The Labute approximate surface area is 159 Å². The number of esters is 4. The van der Waals surface area contributed by atoms with Gasteiger partial charge >= 0.3 is 35.8 Å². The van der Waals surface area contributed by atoms with Gasteiger partial charge in [0.2, 0.25) is 0 Å². The lowest BCUT2D eigenvalue weighted by molar-refractivity contribution is -0.160. The van der Waals surface area contributed by atoms with E-state index >= 15 is 0 Å². The van der Waals surface area contributed by atoms with E-state index in [1.807, 2.05) is 0 Å². The summed E-state index contributed by atoms with van der Waals surface area (Å²) in [5.74, 6) is -6.76. The van der Waals surface area contributed by atoms with Crippen LogP contribution in [0.2, 0.25) is 0 Å². The Balaban J connectivity index is 4.15. The van der Waals surface area contributed by atoms with Crippen LogP contribution < -0.4 is 17.2 Å². The van der Waals surface area contributed by atoms with E-state index in [2.05, 4.69) is 9.47 Å². The fraction of sp³-hybridized carbons (Fsp3) is 0.600. The Morgan fingerprint density at radius 1 is 0.607 bits per heavy atom. The molecule has 0 aliphatic rings. The van der Waals surface area contributed by atoms with Gasteiger partial charge in [0.15, 0.2) is 0 Å². The van der Waals surface area contributed by atoms with E-state index in [1.54, 1.807) is 0 Å². The van der Waals surface area contributed by atoms with Crippen molar-refractivity contribution in [2.45, 2.75) is 56.7 Å². The minimum absolute atomic E-state index is 0.221. The average Bonchev–Trinajstić information content (AvgIpc) is 2.61. The van der Waals surface area contributed by atoms with Crippen molar-refractivity contribution in [3.05, 3.63) is 0 Å². The molecule has 0 saturated carbocycles. The summed E-state index contributed by atoms with van der Waals surface area (Å²) in [5.41, 5.74) is 15.9. The van der Waals surface area contributed by atoms with Crippen LogP contribution in [0.4, 0.5) is 0 Å². The highest BCUT2D eigenvalue weighted by Crippen LogP contribution is 2.04. The molecule has 0 aliphatic carbocycles. The number of ether oxygens (including phenoxy) is 2. The number of hydrogen-bond acceptors (Lipinski definition) is 11. The zero-order valence-corrected chi connectivity index (χ0v) is 14.9. The Kier molecular flexibility index (Phi) is 11.2. The first-order valence-corrected chi connectivity index (χ1v) is 8.14. The third-order valence-electron chi connectivity index (χ3n) is 3.36. The lowest BCUT2D eigenvalue weighted by Crippen LogP contribution is -2.35. The Bertz CT molecular complexity index is 621. The molecule has 0 aromatic heterocycles. The van der Waals surface area contributed by atoms with Crippen LogP contribution in [0.15, 0.2) is 0 Å². The van der Waals surface area contributed by atoms with E-state index in [0.29, 0.717) is 0 Å². The summed E-state index contributed by atoms with van der Waals surface area (Å²) in [6.45, 7) is 0. The Morgan fingerprint density at radius 2 is 0.929 bits per heavy atom. The molecule has 0 amide bonds. The monoisotopic (exact) mass is 405 g/mol. The normalized spacial score (nSPS) is 13.7. The van der Waals surface area contributed by atoms with Gasteiger partial charge in [0, 0.05) is 19.3 Å². The predicted octanol–water partition coefficient (Wildman–Crippen LogP) is -2.38. The highest BCUT2D eigenvalue weighted by Gasteiger charge is 2.22. The highest BCUT2D eigenvalue weighted by atomic mass is 16.6. The number of rotatable bonds is 12. The van der Waals surface area contributed by atoms with Crippen LogP contribution >= 0.6 is 0 Å². The van der Waals surface area contributed by atoms with Crippen molar-refractivity contribution in [2.75, 3.05) is 0 Å². The smallest absolute Gasteiger partial charge is 0.330 e. The summed E-state index contributed by atoms with van der Waals surface area (Å²) >= 11 is 0. The number of carbonyl (C=O) groups is 6. The molecule has 0 radical (unpaired) electrons. The van der Waals surface area contributed by atoms with Crippen LogP contribution in [0.1, 0.15) is 38.5 Å². The van der Waals surface area contributed by atoms with E-state index in [-0.39, 0.29) is 25.7 Å². The molecule has 8 N–H and O–H groups in total. The van der Waals surface area contributed by atoms with Gasteiger partial charge in [-0.15, -0.1) is 0 Å². The first kappa shape index (κ1) is 25.1. The summed E-state index contributed by atoms with van der Waals surface area (Å²) in [6, 6.07) is -3.91. The molecule has 0 aliphatic heterocycles. The second-order valence-corrected chi connectivity index (χ2v) is 5.75. The number of carbonyl (C=O) groups excluding carboxylic acids is 4. The minimum atomic E-state index is -1.36. The molecule has 0 aromatic rings. The van der Waals surface area contributed by atoms with Gasteiger partial charge < -0.3 is 36.9 Å². The Morgan fingerprint density at radius 3 is 1.29 bits per heavy atom. The first-order chi connectivity index (χ1) is 12.9. The SMILES string of the molecule is N[C@H](CCC(=O)OC(=O)CC[C@H](N)C(=O)OC(=O)CC[C@@H](N)C(=O)O)C(=O)O. The van der Waals surface area contributed by atoms with Gasteiger partial charge in [0.1, 0.15) is 18.1 Å². The van der Waals surface area contributed by atoms with Gasteiger partial charge in [-0.05, 0) is 19.3 Å². The number of nitrogens with two attached hydrogens (primary N) is 3. The zero-order valence-electron chi connectivity index (χ0n) is 14.9. The molecule has 3 atom stereocenters. The quantitative estimate of drug-likeness (QED) is 0.168. The molecule has 0 heterocycles. The summed E-state index contributed by atoms with van der Waals surface area (Å²) in [4.78, 5) is 66.9. The standard InChI is InChI=1S/C15H23N3O10/c16-7(13(22)23)1-4-10(19)27-11(20)6-3-9(18)15(26)28-12(21)5-2-8(17)14(24)25/h7-9H,1-6,16-18H2,(H,22,23)(H,24,25)/t7-,8-,9+/m1/s1. The van der Waals surface area contributed by atoms with Gasteiger partial charge in [0.25, 0.3) is 0 Å². The second-order valence-electron chi connectivity index (χ2n) is 5.75. The topological polar surface area (TPSA) is 239 Å². The molecule has 0 fully saturated rings. The maximum atomic E-state index is 11.6. The molecule has 0 rings (SSSR count). The largest absolute Gasteiger partial charge is 0.480 e. The van der Waals surface area contributed by atoms with E-state index in [1.165, 1.54) is 0 Å². The lowest BCUT2D eigenvalue weighted by Gasteiger charge is -2.11. The number of aliphatic carboxylic acids is 2. The summed E-state index contributed by atoms with van der Waals surface area (Å²) < 4.78 is 8.81. The van der Waals surface area contributed by atoms with Crippen molar-refractivity contribution in [2.24, 2.45) is 17.2 Å². The van der Waals surface area contributed by atoms with Gasteiger partial charge in [-0.2, -0.15) is 0 Å². The fourth-order valence-corrected chi connectivity index (χ4v) is 1.65. The van der Waals surface area contributed by atoms with Crippen molar-refractivity contribution in [1.29, 1.82) is 0 Å². The average molecular weight is 405 g/mol. The molecule has 158 valence electrons. The molecule has 0 bridgehead atoms. The second kappa shape index (κ2) is 12.5. The molecule has 0 saturated heterocycles. The zero-order chi connectivity index (χ0) is 21.9. The van der Waals surface area contributed by atoms with Gasteiger partial charge in [-0.1, -0.05) is 0 Å². The highest BCUT2D eigenvalue weighted by molar-refractivity contribution is 5.89. The van der Waals surface area contributed by atoms with E-state index < -0.39 is 66.8 Å². The number of hydrogen-bond donors (Lipinski definition) is 5. The molecular formula is C15H23N3O10. The van der Waals surface area contributed by atoms with Gasteiger partial charge in [-0.3, -0.25) is 24.0 Å². The maximum Gasteiger partial charge on any atom is 0.330 e. The molecule has 28 heavy (non-hydrogen) atoms. The van der Waals surface area contributed by atoms with E-state index in [0.717, 1.165) is 0 Å². The minimum Gasteiger partial charge on any atom is -0.480 e. The van der Waals surface area contributed by atoms with Crippen molar-refractivity contribution in [1.82, 2.24) is 0 Å². The predicted molar refractivity (Wildman–Crippen MR) is 89.1 cm³/mol. The Hall–Kier alpha value is -2.90. The van der Waals surface area contributed by atoms with E-state index in [9.17, 15) is 28.8 Å². The van der Waals surface area contributed by atoms with Crippen LogP contribution in [0.3, 0.4) is 0 Å². The van der Waals surface area contributed by atoms with Gasteiger partial charge in [0.05, 0.1) is 0 Å². The molecule has 0 spiro atoms. The van der Waals surface area contributed by atoms with Crippen LogP contribution in [-0.2, 0) is 38.2 Å². The van der Waals surface area contributed by atoms with Crippen molar-refractivity contribution < 1.29 is 48.5 Å². The first-order valence-electron chi connectivity index (χ1n) is 8.14. The number of carboxylic acid groups (broad SMARTS) is 2. The third kappa shape index (κ3) is 10.9. The molecular weight excluding hydrogens is 382 g/mol. The molecule has 0 unspecified atom stereocenters. The van der Waals surface area contributed by atoms with Crippen LogP contribution in [0.25, 0.3) is 0 Å². The van der Waals surface area contributed by atoms with Crippen LogP contribution in [-0.4, -0.2) is 64.2 Å². The summed E-state index contributed by atoms with van der Waals surface area (Å²) in [7, 11) is 0. The molecule has 0 aromatic carbocycles. The molecule has 13 heteroatoms. The lowest BCUT2D eigenvalue weighted by atomic mass is 10.1. The summed E-state index contributed by atoms with van der Waals surface area (Å²) in [5, 5.41) is 17.1. The third-order valence-corrected chi connectivity index (χ3v) is 3.36. The van der Waals surface area contributed by atoms with Crippen LogP contribution in [0, 0.1) is 0 Å². The van der Waals surface area contributed by atoms with Crippen molar-refractivity contribution >= 4 is 35.8 Å². The molecule has 13 nitrogen and oxygen atoms in total. The fourth-order valence-electron chi connectivity index (χ4n) is 1.65. The maximum absolute atomic E-state index is 11.6. The van der Waals surface area contributed by atoms with Crippen LogP contribution in [0.5, 0.6) is 0 Å². The van der Waals surface area contributed by atoms with Crippen molar-refractivity contribution in [3.63, 3.8) is 0 Å². The number of carboxylic acids is 2. The van der Waals surface area contributed by atoms with E-state index in [4.69, 9.17) is 27.4 Å². The summed E-state index contributed by atoms with van der Waals surface area (Å²) in [6.07, 6.45) is -1.99. The van der Waals surface area contributed by atoms with Gasteiger partial charge in [-0.25, -0.2) is 4.79 Å².